The first-order valence-electron chi connectivity index (χ1n) is 21.3. The molecular formula is C48H53N11O6. The van der Waals surface area contributed by atoms with Gasteiger partial charge in [0.15, 0.2) is 0 Å². The molecule has 0 bridgehead atoms. The molecule has 0 atom stereocenters. The summed E-state index contributed by atoms with van der Waals surface area (Å²) in [5, 5.41) is 8.29. The lowest BCUT2D eigenvalue weighted by molar-refractivity contribution is 0.0950. The predicted octanol–water partition coefficient (Wildman–Crippen LogP) is 6.66. The van der Waals surface area contributed by atoms with Crippen LogP contribution in [0.2, 0.25) is 0 Å². The Bertz CT molecular complexity index is 2980. The van der Waals surface area contributed by atoms with Gasteiger partial charge in [0.25, 0.3) is 22.9 Å². The molecule has 0 spiro atoms. The highest BCUT2D eigenvalue weighted by Crippen LogP contribution is 2.41. The number of nitrogen functional groups attached to an aromatic ring is 2. The van der Waals surface area contributed by atoms with Crippen molar-refractivity contribution in [3.63, 3.8) is 0 Å². The van der Waals surface area contributed by atoms with Crippen LogP contribution in [0.25, 0.3) is 11.0 Å². The van der Waals surface area contributed by atoms with Crippen LogP contribution in [0, 0.1) is 0 Å². The lowest BCUT2D eigenvalue weighted by atomic mass is 10.1. The van der Waals surface area contributed by atoms with Crippen LogP contribution in [0.5, 0.6) is 23.0 Å². The van der Waals surface area contributed by atoms with E-state index in [0.29, 0.717) is 57.9 Å². The smallest absolute Gasteiger partial charge is 0.274 e. The lowest BCUT2D eigenvalue weighted by Gasteiger charge is -2.10. The van der Waals surface area contributed by atoms with Gasteiger partial charge in [-0.3, -0.25) is 29.1 Å². The van der Waals surface area contributed by atoms with Gasteiger partial charge in [-0.1, -0.05) is 6.92 Å². The summed E-state index contributed by atoms with van der Waals surface area (Å²) >= 11 is 0. The number of imidazole rings is 1. The Kier molecular flexibility index (Phi) is 13.6. The number of nitrogens with two attached hydrogens (primary N) is 2. The highest BCUT2D eigenvalue weighted by molar-refractivity contribution is 5.93. The van der Waals surface area contributed by atoms with Crippen LogP contribution in [0.4, 0.5) is 23.0 Å². The number of nitrogens with zero attached hydrogens (tertiary/aromatic N) is 6. The van der Waals surface area contributed by atoms with Crippen LogP contribution in [0.3, 0.4) is 0 Å². The van der Waals surface area contributed by atoms with Crippen molar-refractivity contribution in [1.82, 2.24) is 39.3 Å². The maximum Gasteiger partial charge on any atom is 0.274 e. The van der Waals surface area contributed by atoms with Gasteiger partial charge >= 0.3 is 0 Å². The number of amides is 2. The van der Waals surface area contributed by atoms with Gasteiger partial charge in [-0.2, -0.15) is 0 Å². The molecule has 7 aromatic rings. The number of rotatable bonds is 11. The quantitative estimate of drug-likeness (QED) is 0.0860. The fourth-order valence-corrected chi connectivity index (χ4v) is 7.01. The Hall–Kier alpha value is -7.95. The van der Waals surface area contributed by atoms with E-state index in [-0.39, 0.29) is 28.6 Å². The standard InChI is InChI=1S/C24H24N6O3.C15H17N3O2.C9H12N2O/c1-25-22(31)19-11-17(8-9-26-19)33-16-6-7-18-21(12-16)30(3)24(27-18)28-20-10-15(14-4-5-14)13-29(2)23(20)32;1-3-10-8-11(4-5-13(10)16)20-12-6-7-18-14(9-12)15(19)17-2;1-11-5-7(6-2-3-6)4-8(10)9(11)12/h6-14H,4-5H2,1-3H3,(H,25,31)(H,27,28);4-9H,3,16H2,1-2H3,(H,17,19);4-6H,2-3,10H2,1H3. The van der Waals surface area contributed by atoms with E-state index in [0.717, 1.165) is 41.5 Å². The molecule has 2 amide bonds. The molecule has 17 nitrogen and oxygen atoms in total. The van der Waals surface area contributed by atoms with Crippen LogP contribution in [-0.2, 0) is 27.6 Å². The zero-order valence-electron chi connectivity index (χ0n) is 37.2. The summed E-state index contributed by atoms with van der Waals surface area (Å²) in [6.07, 6.45) is 12.5. The minimum absolute atomic E-state index is 0.0971. The molecule has 0 saturated heterocycles. The summed E-state index contributed by atoms with van der Waals surface area (Å²) in [7, 11) is 8.51. The van der Waals surface area contributed by atoms with Gasteiger partial charge in [0.1, 0.15) is 40.1 Å². The number of hydrogen-bond donors (Lipinski definition) is 5. The van der Waals surface area contributed by atoms with E-state index in [1.54, 1.807) is 73.7 Å². The molecule has 0 unspecified atom stereocenters. The van der Waals surface area contributed by atoms with Gasteiger partial charge < -0.3 is 50.6 Å². The van der Waals surface area contributed by atoms with E-state index in [9.17, 15) is 19.2 Å². The second kappa shape index (κ2) is 19.6. The van der Waals surface area contributed by atoms with Gasteiger partial charge in [0, 0.05) is 83.9 Å². The van der Waals surface area contributed by atoms with E-state index in [2.05, 4.69) is 30.9 Å². The van der Waals surface area contributed by atoms with Gasteiger partial charge in [-0.05, 0) is 115 Å². The molecule has 5 heterocycles. The van der Waals surface area contributed by atoms with Crippen LogP contribution >= 0.6 is 0 Å². The number of hydrogen-bond acceptors (Lipinski definition) is 12. The number of nitrogens with one attached hydrogen (secondary N) is 3. The van der Waals surface area contributed by atoms with Crippen molar-refractivity contribution in [2.24, 2.45) is 21.1 Å². The molecule has 2 aliphatic rings. The average molecular weight is 880 g/mol. The van der Waals surface area contributed by atoms with Crippen molar-refractivity contribution < 1.29 is 19.1 Å². The molecule has 2 fully saturated rings. The summed E-state index contributed by atoms with van der Waals surface area (Å²) in [5.74, 6) is 3.57. The van der Waals surface area contributed by atoms with E-state index in [1.807, 2.05) is 67.3 Å². The minimum atomic E-state index is -0.282. The molecule has 5 aromatic heterocycles. The number of fused-ring (bicyclic) bond motifs is 1. The van der Waals surface area contributed by atoms with Gasteiger partial charge in [0.05, 0.1) is 16.7 Å². The van der Waals surface area contributed by atoms with Crippen LogP contribution in [0.15, 0.2) is 107 Å². The second-order valence-corrected chi connectivity index (χ2v) is 15.9. The van der Waals surface area contributed by atoms with Crippen LogP contribution in [-0.4, -0.2) is 54.6 Å². The number of pyridine rings is 4. The molecule has 2 aromatic carbocycles. The maximum atomic E-state index is 12.7. The number of aryl methyl sites for hydroxylation is 4. The molecule has 2 saturated carbocycles. The monoisotopic (exact) mass is 879 g/mol. The van der Waals surface area contributed by atoms with Gasteiger partial charge in [0.2, 0.25) is 5.95 Å². The highest BCUT2D eigenvalue weighted by Gasteiger charge is 2.26. The third-order valence-corrected chi connectivity index (χ3v) is 11.0. The van der Waals surface area contributed by atoms with E-state index in [1.165, 1.54) is 36.4 Å². The average Bonchev–Trinajstić information content (AvgIpc) is 4.26. The van der Waals surface area contributed by atoms with E-state index < -0.39 is 0 Å². The topological polar surface area (TPSA) is 228 Å². The Labute approximate surface area is 375 Å². The van der Waals surface area contributed by atoms with E-state index in [4.69, 9.17) is 20.9 Å². The van der Waals surface area contributed by atoms with Crippen molar-refractivity contribution in [3.05, 3.63) is 146 Å². The Morgan fingerprint density at radius 3 is 1.74 bits per heavy atom. The normalized spacial score (nSPS) is 12.8. The zero-order valence-corrected chi connectivity index (χ0v) is 37.2. The lowest BCUT2D eigenvalue weighted by Crippen LogP contribution is -2.20. The third kappa shape index (κ3) is 11.0. The SMILES string of the molecule is CCc1cc(Oc2ccnc(C(=O)NC)c2)ccc1N.CNC(=O)c1cc(Oc2ccc3nc(Nc4cc(C5CC5)cn(C)c4=O)n(C)c3c2)ccn1.Cn1cc(C2CC2)cc(N)c1=O. The molecule has 65 heavy (non-hydrogen) atoms. The number of anilines is 4. The van der Waals surface area contributed by atoms with E-state index >= 15 is 0 Å². The highest BCUT2D eigenvalue weighted by atomic mass is 16.5. The van der Waals surface area contributed by atoms with Gasteiger partial charge in [-0.25, -0.2) is 4.98 Å². The van der Waals surface area contributed by atoms with Gasteiger partial charge in [-0.15, -0.1) is 0 Å². The number of carbonyl (C=O) groups excluding carboxylic acids is 2. The first kappa shape index (κ1) is 45.1. The first-order chi connectivity index (χ1) is 31.2. The molecule has 9 rings (SSSR count). The molecule has 0 aliphatic heterocycles. The summed E-state index contributed by atoms with van der Waals surface area (Å²) in [6, 6.07) is 21.4. The molecular weight excluding hydrogens is 827 g/mol. The minimum Gasteiger partial charge on any atom is -0.457 e. The van der Waals surface area contributed by atoms with Crippen molar-refractivity contribution in [2.45, 2.75) is 50.9 Å². The summed E-state index contributed by atoms with van der Waals surface area (Å²) in [5.41, 5.74) is 18.4. The Morgan fingerprint density at radius 2 is 1.20 bits per heavy atom. The summed E-state index contributed by atoms with van der Waals surface area (Å²) in [4.78, 5) is 59.9. The molecule has 17 heteroatoms. The van der Waals surface area contributed by atoms with Crippen molar-refractivity contribution in [2.75, 3.05) is 30.9 Å². The number of benzene rings is 2. The third-order valence-electron chi connectivity index (χ3n) is 11.0. The number of ether oxygens (including phenoxy) is 2. The zero-order chi connectivity index (χ0) is 46.4. The fourth-order valence-electron chi connectivity index (χ4n) is 7.01. The maximum absolute atomic E-state index is 12.7. The van der Waals surface area contributed by atoms with Crippen molar-refractivity contribution in [1.29, 1.82) is 0 Å². The molecule has 336 valence electrons. The Morgan fingerprint density at radius 1 is 0.677 bits per heavy atom. The molecule has 7 N–H and O–H groups in total. The van der Waals surface area contributed by atoms with Crippen LogP contribution < -0.4 is 48.0 Å². The number of carbonyl (C=O) groups is 2. The molecule has 2 aliphatic carbocycles. The summed E-state index contributed by atoms with van der Waals surface area (Å²) < 4.78 is 16.7. The number of aromatic nitrogens is 6. The predicted molar refractivity (Wildman–Crippen MR) is 251 cm³/mol. The fraction of sp³-hybridized carbons (Fsp3) is 0.271. The second-order valence-electron chi connectivity index (χ2n) is 15.9. The first-order valence-corrected chi connectivity index (χ1v) is 21.3. The summed E-state index contributed by atoms with van der Waals surface area (Å²) in [6.45, 7) is 2.03. The van der Waals surface area contributed by atoms with Crippen molar-refractivity contribution >= 4 is 45.9 Å². The largest absolute Gasteiger partial charge is 0.457 e. The van der Waals surface area contributed by atoms with Crippen molar-refractivity contribution in [3.8, 4) is 23.0 Å². The Balaban J connectivity index is 0.000000166. The van der Waals surface area contributed by atoms with Crippen LogP contribution in [0.1, 0.15) is 82.1 Å². The molecule has 0 radical (unpaired) electrons.